The van der Waals surface area contributed by atoms with Gasteiger partial charge in [-0.3, -0.25) is 9.59 Å². The molecule has 1 unspecified atom stereocenters. The van der Waals surface area contributed by atoms with Crippen molar-refractivity contribution in [1.82, 2.24) is 20.5 Å². The third-order valence-electron chi connectivity index (χ3n) is 9.76. The molecular weight excluding hydrogens is 648 g/mol. The van der Waals surface area contributed by atoms with Crippen molar-refractivity contribution in [3.05, 3.63) is 66.1 Å². The molecule has 1 saturated heterocycles. The predicted molar refractivity (Wildman–Crippen MR) is 195 cm³/mol. The fraction of sp³-hybridized carbons (Fsp3) is 0.600. The van der Waals surface area contributed by atoms with Gasteiger partial charge in [-0.2, -0.15) is 0 Å². The molecule has 2 fully saturated rings. The topological polar surface area (TPSA) is 143 Å². The number of aryl methyl sites for hydroxylation is 1. The number of oxazole rings is 1. The zero-order valence-corrected chi connectivity index (χ0v) is 30.5. The van der Waals surface area contributed by atoms with Gasteiger partial charge in [0, 0.05) is 32.5 Å². The van der Waals surface area contributed by atoms with E-state index in [1.807, 2.05) is 51.1 Å². The number of aliphatic hydroxyl groups excluding tert-OH is 1. The van der Waals surface area contributed by atoms with Crippen LogP contribution in [0.1, 0.15) is 109 Å². The molecule has 1 aliphatic carbocycles. The summed E-state index contributed by atoms with van der Waals surface area (Å²) in [4.78, 5) is 46.1. The molecule has 1 aromatic heterocycles. The van der Waals surface area contributed by atoms with E-state index in [0.29, 0.717) is 75.2 Å². The van der Waals surface area contributed by atoms with Gasteiger partial charge in [-0.25, -0.2) is 9.78 Å². The molecule has 51 heavy (non-hydrogen) atoms. The number of unbranched alkanes of at least 4 members (excludes halogenated alkanes) is 1. The number of nitrogens with one attached hydrogen (secondary N) is 2. The van der Waals surface area contributed by atoms with Crippen molar-refractivity contribution >= 4 is 29.0 Å². The summed E-state index contributed by atoms with van der Waals surface area (Å²) in [5.41, 5.74) is 1.73. The van der Waals surface area contributed by atoms with Gasteiger partial charge in [0.05, 0.1) is 12.1 Å². The maximum atomic E-state index is 14.1. The van der Waals surface area contributed by atoms with Crippen molar-refractivity contribution in [3.63, 3.8) is 0 Å². The first-order valence-electron chi connectivity index (χ1n) is 18.8. The molecule has 0 bridgehead atoms. The van der Waals surface area contributed by atoms with Crippen molar-refractivity contribution in [1.29, 1.82) is 0 Å². The monoisotopic (exact) mass is 704 g/mol. The number of amides is 3. The third kappa shape index (κ3) is 11.8. The van der Waals surface area contributed by atoms with Crippen LogP contribution in [-0.4, -0.2) is 76.4 Å². The van der Waals surface area contributed by atoms with Crippen molar-refractivity contribution in [3.8, 4) is 0 Å². The van der Waals surface area contributed by atoms with Gasteiger partial charge in [0.15, 0.2) is 11.7 Å². The van der Waals surface area contributed by atoms with Crippen LogP contribution >= 0.6 is 0 Å². The Bertz CT molecular complexity index is 1520. The van der Waals surface area contributed by atoms with Crippen molar-refractivity contribution in [2.45, 2.75) is 128 Å². The molecule has 278 valence electrons. The molecule has 3 aromatic rings. The average molecular weight is 705 g/mol. The van der Waals surface area contributed by atoms with Gasteiger partial charge in [-0.05, 0) is 89.3 Å². The number of likely N-dealkylation sites (tertiary alicyclic amines) is 1. The van der Waals surface area contributed by atoms with E-state index < -0.39 is 29.9 Å². The minimum atomic E-state index is -1.23. The number of carbonyl (C=O) groups excluding carboxylic acids is 3. The SMILES string of the molecule is CC(C)(C)OC(=O)NCCCC[C@H](NC(=O)[C@@H]1C[C@@H](OCC2CCCCC2)CN1C(=O)CCCc1ccccc1)C(O)c1nc2ccccc2o1. The van der Waals surface area contributed by atoms with Gasteiger partial charge >= 0.3 is 6.09 Å². The van der Waals surface area contributed by atoms with E-state index in [4.69, 9.17) is 13.9 Å². The highest BCUT2D eigenvalue weighted by atomic mass is 16.6. The fourth-order valence-corrected chi connectivity index (χ4v) is 7.07. The van der Waals surface area contributed by atoms with E-state index in [1.54, 1.807) is 17.0 Å². The van der Waals surface area contributed by atoms with Gasteiger partial charge in [0.1, 0.15) is 17.2 Å². The molecule has 0 spiro atoms. The lowest BCUT2D eigenvalue weighted by atomic mass is 9.90. The first-order chi connectivity index (χ1) is 24.6. The molecule has 5 rings (SSSR count). The minimum Gasteiger partial charge on any atom is -0.444 e. The normalized spacial score (nSPS) is 19.5. The van der Waals surface area contributed by atoms with Crippen LogP contribution in [0.25, 0.3) is 11.1 Å². The Morgan fingerprint density at radius 2 is 1.75 bits per heavy atom. The first kappa shape index (κ1) is 38.3. The summed E-state index contributed by atoms with van der Waals surface area (Å²) in [6, 6.07) is 15.9. The number of carbonyl (C=O) groups is 3. The number of aliphatic hydroxyl groups is 1. The number of hydrogen-bond donors (Lipinski definition) is 3. The highest BCUT2D eigenvalue weighted by molar-refractivity contribution is 5.88. The zero-order valence-electron chi connectivity index (χ0n) is 30.5. The lowest BCUT2D eigenvalue weighted by Gasteiger charge is -2.28. The van der Waals surface area contributed by atoms with Gasteiger partial charge < -0.3 is 34.5 Å². The number of alkyl carbamates (subject to hydrolysis) is 1. The van der Waals surface area contributed by atoms with Crippen LogP contribution < -0.4 is 10.6 Å². The number of hydrogen-bond acceptors (Lipinski definition) is 8. The Morgan fingerprint density at radius 3 is 2.49 bits per heavy atom. The Kier molecular flexibility index (Phi) is 13.9. The summed E-state index contributed by atoms with van der Waals surface area (Å²) in [7, 11) is 0. The molecule has 11 heteroatoms. The Hall–Kier alpha value is -3.96. The number of rotatable bonds is 16. The van der Waals surface area contributed by atoms with E-state index >= 15 is 0 Å². The number of nitrogens with zero attached hydrogens (tertiary/aromatic N) is 2. The summed E-state index contributed by atoms with van der Waals surface area (Å²) >= 11 is 0. The van der Waals surface area contributed by atoms with Crippen LogP contribution in [0, 0.1) is 5.92 Å². The Balaban J connectivity index is 1.25. The van der Waals surface area contributed by atoms with Gasteiger partial charge in [-0.15, -0.1) is 0 Å². The molecule has 4 atom stereocenters. The van der Waals surface area contributed by atoms with Gasteiger partial charge in [0.25, 0.3) is 0 Å². The highest BCUT2D eigenvalue weighted by Gasteiger charge is 2.41. The lowest BCUT2D eigenvalue weighted by Crippen LogP contribution is -2.50. The van der Waals surface area contributed by atoms with E-state index in [2.05, 4.69) is 27.8 Å². The van der Waals surface area contributed by atoms with E-state index in [1.165, 1.54) is 24.8 Å². The van der Waals surface area contributed by atoms with Crippen LogP contribution in [-0.2, 0) is 25.5 Å². The summed E-state index contributed by atoms with van der Waals surface area (Å²) in [6.45, 7) is 6.81. The second-order valence-electron chi connectivity index (χ2n) is 15.1. The summed E-state index contributed by atoms with van der Waals surface area (Å²) in [6.07, 6.45) is 7.81. The minimum absolute atomic E-state index is 0.0703. The fourth-order valence-electron chi connectivity index (χ4n) is 7.07. The van der Waals surface area contributed by atoms with E-state index in [9.17, 15) is 19.5 Å². The van der Waals surface area contributed by atoms with Crippen LogP contribution in [0.2, 0.25) is 0 Å². The number of benzene rings is 2. The maximum absolute atomic E-state index is 14.1. The second-order valence-corrected chi connectivity index (χ2v) is 15.1. The molecule has 0 radical (unpaired) electrons. The summed E-state index contributed by atoms with van der Waals surface area (Å²) in [5, 5.41) is 17.4. The van der Waals surface area contributed by atoms with Gasteiger partial charge in [0.2, 0.25) is 17.7 Å². The molecule has 2 aromatic carbocycles. The smallest absolute Gasteiger partial charge is 0.407 e. The van der Waals surface area contributed by atoms with E-state index in [0.717, 1.165) is 19.3 Å². The van der Waals surface area contributed by atoms with Crippen molar-refractivity contribution < 1.29 is 33.4 Å². The predicted octanol–water partition coefficient (Wildman–Crippen LogP) is 6.63. The standard InChI is InChI=1S/C40H56N4O7/c1-40(2,3)51-39(48)41-24-13-12-21-32(36(46)38-43-31-20-10-11-22-34(31)50-38)42-37(47)33-25-30(49-27-29-17-8-5-9-18-29)26-44(33)35(45)23-14-19-28-15-6-4-7-16-28/h4,6-7,10-11,15-16,20,22,29-30,32-33,36,46H,5,8-9,12-14,17-19,21,23-27H2,1-3H3,(H,41,48)(H,42,47)/t30-,32+,33+,36?/m1/s1. The second kappa shape index (κ2) is 18.5. The van der Waals surface area contributed by atoms with Crippen molar-refractivity contribution in [2.75, 3.05) is 19.7 Å². The number of fused-ring (bicyclic) bond motifs is 1. The molecule has 2 heterocycles. The first-order valence-corrected chi connectivity index (χ1v) is 18.8. The molecule has 2 aliphatic rings. The summed E-state index contributed by atoms with van der Waals surface area (Å²) < 4.78 is 17.6. The highest BCUT2D eigenvalue weighted by Crippen LogP contribution is 2.29. The number of aromatic nitrogens is 1. The lowest BCUT2D eigenvalue weighted by molar-refractivity contribution is -0.139. The molecule has 1 aliphatic heterocycles. The van der Waals surface area contributed by atoms with Crippen LogP contribution in [0.15, 0.2) is 59.0 Å². The summed E-state index contributed by atoms with van der Waals surface area (Å²) in [5.74, 6) is 0.228. The zero-order chi connectivity index (χ0) is 36.2. The molecule has 3 amide bonds. The maximum Gasteiger partial charge on any atom is 0.407 e. The van der Waals surface area contributed by atoms with Crippen LogP contribution in [0.4, 0.5) is 4.79 Å². The quantitative estimate of drug-likeness (QED) is 0.141. The largest absolute Gasteiger partial charge is 0.444 e. The van der Waals surface area contributed by atoms with E-state index in [-0.39, 0.29) is 23.8 Å². The average Bonchev–Trinajstić information content (AvgIpc) is 3.75. The van der Waals surface area contributed by atoms with Crippen molar-refractivity contribution in [2.24, 2.45) is 5.92 Å². The van der Waals surface area contributed by atoms with Crippen LogP contribution in [0.3, 0.4) is 0 Å². The molecule has 3 N–H and O–H groups in total. The molecule has 1 saturated carbocycles. The number of ether oxygens (including phenoxy) is 2. The Morgan fingerprint density at radius 1 is 1.00 bits per heavy atom. The Labute approximate surface area is 301 Å². The molecule has 11 nitrogen and oxygen atoms in total. The third-order valence-corrected chi connectivity index (χ3v) is 9.76. The van der Waals surface area contributed by atoms with Crippen LogP contribution in [0.5, 0.6) is 0 Å². The van der Waals surface area contributed by atoms with Gasteiger partial charge in [-0.1, -0.05) is 61.7 Å². The molecular formula is C40H56N4O7. The number of para-hydroxylation sites is 2.